The zero-order valence-corrected chi connectivity index (χ0v) is 11.6. The Labute approximate surface area is 114 Å². The van der Waals surface area contributed by atoms with Crippen LogP contribution >= 0.6 is 0 Å². The van der Waals surface area contributed by atoms with Crippen LogP contribution in [0.1, 0.15) is 50.2 Å². The van der Waals surface area contributed by atoms with E-state index < -0.39 is 0 Å². The monoisotopic (exact) mass is 262 g/mol. The fourth-order valence-electron chi connectivity index (χ4n) is 1.93. The van der Waals surface area contributed by atoms with Crippen LogP contribution in [0.4, 0.5) is 0 Å². The minimum absolute atomic E-state index is 0.346. The van der Waals surface area contributed by atoms with Gasteiger partial charge >= 0.3 is 0 Å². The summed E-state index contributed by atoms with van der Waals surface area (Å²) in [5.74, 6) is 0. The van der Waals surface area contributed by atoms with Crippen molar-refractivity contribution in [3.05, 3.63) is 35.4 Å². The fraction of sp³-hybridized carbons (Fsp3) is 0.467. The third kappa shape index (κ3) is 4.73. The van der Waals surface area contributed by atoms with Crippen LogP contribution in [0, 0.1) is 6.92 Å². The Bertz CT molecular complexity index is 436. The molecular weight excluding hydrogens is 240 g/mol. The van der Waals surface area contributed by atoms with E-state index in [2.05, 4.69) is 17.2 Å². The van der Waals surface area contributed by atoms with Crippen LogP contribution in [0.3, 0.4) is 0 Å². The molecule has 0 atom stereocenters. The molecule has 4 heteroatoms. The van der Waals surface area contributed by atoms with Crippen molar-refractivity contribution < 1.29 is 10.4 Å². The highest BCUT2D eigenvalue weighted by Gasteiger charge is 2.13. The van der Waals surface area contributed by atoms with E-state index >= 15 is 0 Å². The lowest BCUT2D eigenvalue weighted by Crippen LogP contribution is -2.16. The molecular formula is C15H22N2O2. The van der Waals surface area contributed by atoms with Gasteiger partial charge in [-0.3, -0.25) is 0 Å². The smallest absolute Gasteiger partial charge is 0.134 e. The molecule has 0 saturated carbocycles. The van der Waals surface area contributed by atoms with Crippen molar-refractivity contribution in [1.29, 1.82) is 0 Å². The zero-order valence-electron chi connectivity index (χ0n) is 11.6. The molecule has 0 aliphatic heterocycles. The predicted octanol–water partition coefficient (Wildman–Crippen LogP) is 3.97. The molecule has 0 unspecified atom stereocenters. The average molecular weight is 262 g/mol. The summed E-state index contributed by atoms with van der Waals surface area (Å²) in [5.41, 5.74) is 2.67. The Morgan fingerprint density at radius 3 is 2.21 bits per heavy atom. The molecule has 0 spiro atoms. The first-order chi connectivity index (χ1) is 9.22. The number of benzene rings is 1. The lowest BCUT2D eigenvalue weighted by Gasteiger charge is -2.07. The summed E-state index contributed by atoms with van der Waals surface area (Å²) >= 11 is 0. The first-order valence-electron chi connectivity index (χ1n) is 6.73. The number of oxime groups is 2. The van der Waals surface area contributed by atoms with Crippen molar-refractivity contribution in [3.8, 4) is 0 Å². The third-order valence-corrected chi connectivity index (χ3v) is 3.09. The number of rotatable bonds is 7. The maximum absolute atomic E-state index is 9.15. The highest BCUT2D eigenvalue weighted by Crippen LogP contribution is 2.11. The second-order valence-corrected chi connectivity index (χ2v) is 4.67. The van der Waals surface area contributed by atoms with Gasteiger partial charge in [-0.2, -0.15) is 0 Å². The Morgan fingerprint density at radius 2 is 1.68 bits per heavy atom. The van der Waals surface area contributed by atoms with E-state index in [1.165, 1.54) is 0 Å². The van der Waals surface area contributed by atoms with Crippen LogP contribution in [0.5, 0.6) is 0 Å². The molecule has 0 aliphatic rings. The quantitative estimate of drug-likeness (QED) is 0.338. The Balaban J connectivity index is 2.74. The molecule has 0 aliphatic carbocycles. The van der Waals surface area contributed by atoms with Gasteiger partial charge in [0.2, 0.25) is 0 Å². The van der Waals surface area contributed by atoms with E-state index in [0.717, 1.165) is 36.8 Å². The van der Waals surface area contributed by atoms with Gasteiger partial charge in [0.1, 0.15) is 11.4 Å². The number of hydrogen-bond acceptors (Lipinski definition) is 4. The first kappa shape index (κ1) is 15.2. The molecule has 104 valence electrons. The molecule has 0 aromatic heterocycles. The van der Waals surface area contributed by atoms with Gasteiger partial charge in [-0.15, -0.1) is 0 Å². The Kier molecular flexibility index (Phi) is 6.64. The standard InChI is InChI=1S/C15H22N2O2/c1-3-4-5-6-7-14(16-18)15(17-19)13-10-8-12(2)9-11-13/h8-11,18-19H,3-7H2,1-2H3/b16-14+,17-15+. The normalized spacial score (nSPS) is 12.7. The molecule has 1 aromatic rings. The van der Waals surface area contributed by atoms with Gasteiger partial charge < -0.3 is 10.4 Å². The second kappa shape index (κ2) is 8.29. The van der Waals surface area contributed by atoms with Crippen molar-refractivity contribution in [1.82, 2.24) is 0 Å². The third-order valence-electron chi connectivity index (χ3n) is 3.09. The van der Waals surface area contributed by atoms with Gasteiger partial charge in [0.25, 0.3) is 0 Å². The summed E-state index contributed by atoms with van der Waals surface area (Å²) < 4.78 is 0. The summed E-state index contributed by atoms with van der Waals surface area (Å²) in [6.45, 7) is 4.14. The van der Waals surface area contributed by atoms with E-state index in [0.29, 0.717) is 17.8 Å². The summed E-state index contributed by atoms with van der Waals surface area (Å²) in [6.07, 6.45) is 4.95. The Hall–Kier alpha value is -1.84. The molecule has 1 aromatic carbocycles. The molecule has 0 amide bonds. The van der Waals surface area contributed by atoms with Crippen LogP contribution in [0.25, 0.3) is 0 Å². The molecule has 0 radical (unpaired) electrons. The van der Waals surface area contributed by atoms with Gasteiger partial charge in [-0.1, -0.05) is 66.3 Å². The SMILES string of the molecule is CCCCCCC(=N\O)/C(=N/O)c1ccc(C)cc1. The summed E-state index contributed by atoms with van der Waals surface area (Å²) in [7, 11) is 0. The minimum atomic E-state index is 0.346. The molecule has 2 N–H and O–H groups in total. The molecule has 4 nitrogen and oxygen atoms in total. The average Bonchev–Trinajstić information content (AvgIpc) is 2.44. The minimum Gasteiger partial charge on any atom is -0.411 e. The van der Waals surface area contributed by atoms with Gasteiger partial charge in [-0.25, -0.2) is 0 Å². The number of aryl methyl sites for hydroxylation is 1. The van der Waals surface area contributed by atoms with Gasteiger partial charge in [-0.05, 0) is 19.8 Å². The van der Waals surface area contributed by atoms with Crippen LogP contribution in [0.2, 0.25) is 0 Å². The Morgan fingerprint density at radius 1 is 1.00 bits per heavy atom. The molecule has 0 heterocycles. The van der Waals surface area contributed by atoms with Crippen molar-refractivity contribution in [2.45, 2.75) is 46.0 Å². The predicted molar refractivity (Wildman–Crippen MR) is 77.5 cm³/mol. The first-order valence-corrected chi connectivity index (χ1v) is 6.73. The summed E-state index contributed by atoms with van der Waals surface area (Å²) in [4.78, 5) is 0. The molecule has 0 saturated heterocycles. The molecule has 1 rings (SSSR count). The molecule has 19 heavy (non-hydrogen) atoms. The van der Waals surface area contributed by atoms with Crippen molar-refractivity contribution in [3.63, 3.8) is 0 Å². The van der Waals surface area contributed by atoms with Gasteiger partial charge in [0, 0.05) is 5.56 Å². The lowest BCUT2D eigenvalue weighted by molar-refractivity contribution is 0.313. The van der Waals surface area contributed by atoms with E-state index in [1.807, 2.05) is 31.2 Å². The van der Waals surface area contributed by atoms with Crippen LogP contribution in [-0.2, 0) is 0 Å². The maximum Gasteiger partial charge on any atom is 0.134 e. The summed E-state index contributed by atoms with van der Waals surface area (Å²) in [6, 6.07) is 7.60. The van der Waals surface area contributed by atoms with E-state index in [4.69, 9.17) is 10.4 Å². The molecule has 0 bridgehead atoms. The zero-order chi connectivity index (χ0) is 14.1. The van der Waals surface area contributed by atoms with Crippen molar-refractivity contribution >= 4 is 11.4 Å². The number of unbranched alkanes of at least 4 members (excludes halogenated alkanes) is 3. The summed E-state index contributed by atoms with van der Waals surface area (Å²) in [5, 5.41) is 24.8. The van der Waals surface area contributed by atoms with Gasteiger partial charge in [0.15, 0.2) is 0 Å². The van der Waals surface area contributed by atoms with E-state index in [1.54, 1.807) is 0 Å². The number of hydrogen-bond donors (Lipinski definition) is 2. The highest BCUT2D eigenvalue weighted by atomic mass is 16.4. The second-order valence-electron chi connectivity index (χ2n) is 4.67. The molecule has 0 fully saturated rings. The van der Waals surface area contributed by atoms with Crippen LogP contribution in [0.15, 0.2) is 34.6 Å². The van der Waals surface area contributed by atoms with Gasteiger partial charge in [0.05, 0.1) is 0 Å². The lowest BCUT2D eigenvalue weighted by atomic mass is 10.00. The van der Waals surface area contributed by atoms with E-state index in [9.17, 15) is 0 Å². The van der Waals surface area contributed by atoms with Crippen LogP contribution < -0.4 is 0 Å². The number of nitrogens with zero attached hydrogens (tertiary/aromatic N) is 2. The topological polar surface area (TPSA) is 65.2 Å². The largest absolute Gasteiger partial charge is 0.411 e. The fourth-order valence-corrected chi connectivity index (χ4v) is 1.93. The van der Waals surface area contributed by atoms with Crippen molar-refractivity contribution in [2.24, 2.45) is 10.3 Å². The maximum atomic E-state index is 9.15. The van der Waals surface area contributed by atoms with E-state index in [-0.39, 0.29) is 0 Å². The van der Waals surface area contributed by atoms with Crippen LogP contribution in [-0.4, -0.2) is 21.8 Å². The van der Waals surface area contributed by atoms with Crippen molar-refractivity contribution in [2.75, 3.05) is 0 Å². The highest BCUT2D eigenvalue weighted by molar-refractivity contribution is 6.48.